The van der Waals surface area contributed by atoms with Crippen LogP contribution in [0.5, 0.6) is 11.5 Å². The van der Waals surface area contributed by atoms with Gasteiger partial charge in [-0.1, -0.05) is 76.7 Å². The lowest BCUT2D eigenvalue weighted by molar-refractivity contribution is 0.439. The molecule has 0 fully saturated rings. The monoisotopic (exact) mass is 492 g/mol. The van der Waals surface area contributed by atoms with Crippen LogP contribution in [0.1, 0.15) is 16.7 Å². The highest BCUT2D eigenvalue weighted by atomic mass is 35.5. The highest BCUT2D eigenvalue weighted by molar-refractivity contribution is 7.87. The molecule has 0 aliphatic carbocycles. The molecule has 3 N–H and O–H groups in total. The molecule has 0 bridgehead atoms. The van der Waals surface area contributed by atoms with Gasteiger partial charge in [-0.3, -0.25) is 4.55 Å². The van der Waals surface area contributed by atoms with E-state index in [1.807, 2.05) is 0 Å². The second-order valence-electron chi connectivity index (χ2n) is 6.06. The summed E-state index contributed by atoms with van der Waals surface area (Å²) in [7, 11) is -5.16. The number of hydrogen-bond acceptors (Lipinski definition) is 4. The number of benzene rings is 3. The summed E-state index contributed by atoms with van der Waals surface area (Å²) in [5.74, 6) is -1.02. The Morgan fingerprint density at radius 3 is 2.03 bits per heavy atom. The van der Waals surface area contributed by atoms with Gasteiger partial charge in [-0.2, -0.15) is 8.42 Å². The van der Waals surface area contributed by atoms with Crippen LogP contribution in [-0.2, 0) is 14.9 Å². The lowest BCUT2D eigenvalue weighted by atomic mass is 9.83. The first kappa shape index (κ1) is 22.0. The van der Waals surface area contributed by atoms with Gasteiger partial charge >= 0.3 is 0 Å². The summed E-state index contributed by atoms with van der Waals surface area (Å²) in [6.45, 7) is 0. The molecular weight excluding hydrogens is 482 g/mol. The minimum absolute atomic E-state index is 0.0555. The van der Waals surface area contributed by atoms with Gasteiger partial charge in [-0.05, 0) is 29.8 Å². The number of phenols is 2. The van der Waals surface area contributed by atoms with Crippen molar-refractivity contribution in [1.82, 2.24) is 0 Å². The Morgan fingerprint density at radius 2 is 1.45 bits per heavy atom. The topological polar surface area (TPSA) is 94.8 Å². The molecule has 29 heavy (non-hydrogen) atoms. The van der Waals surface area contributed by atoms with E-state index in [9.17, 15) is 23.2 Å². The molecule has 1 unspecified atom stereocenters. The van der Waals surface area contributed by atoms with Crippen molar-refractivity contribution < 1.29 is 23.2 Å². The van der Waals surface area contributed by atoms with Gasteiger partial charge in [0.1, 0.15) is 11.5 Å². The Labute approximate surface area is 186 Å². The van der Waals surface area contributed by atoms with Crippen LogP contribution in [0, 0.1) is 0 Å². The summed E-state index contributed by atoms with van der Waals surface area (Å²) in [5, 5.41) is 19.8. The van der Waals surface area contributed by atoms with Crippen LogP contribution in [0.4, 0.5) is 0 Å². The number of halogens is 4. The third-order valence-corrected chi connectivity index (χ3v) is 7.23. The molecule has 5 nitrogen and oxygen atoms in total. The van der Waals surface area contributed by atoms with Crippen molar-refractivity contribution in [2.75, 3.05) is 0 Å². The van der Waals surface area contributed by atoms with Crippen LogP contribution < -0.4 is 0 Å². The summed E-state index contributed by atoms with van der Waals surface area (Å²) in [5.41, 5.74) is -0.785. The SMILES string of the molecule is O=S(=O)(O)C(c1cccc(O)c1)(c1ccccc1Cl)c1c(O)c(Cl)cc(Cl)c1Cl. The molecule has 0 aliphatic rings. The van der Waals surface area contributed by atoms with Crippen molar-refractivity contribution in [2.24, 2.45) is 0 Å². The van der Waals surface area contributed by atoms with Gasteiger partial charge in [0, 0.05) is 16.1 Å². The second-order valence-corrected chi connectivity index (χ2v) is 9.23. The van der Waals surface area contributed by atoms with Gasteiger partial charge in [0.25, 0.3) is 10.1 Å². The molecule has 0 saturated carbocycles. The molecular formula is C19H12Cl4O5S. The normalized spacial score (nSPS) is 13.8. The van der Waals surface area contributed by atoms with Gasteiger partial charge < -0.3 is 10.2 Å². The number of hydrogen-bond donors (Lipinski definition) is 3. The maximum atomic E-state index is 13.0. The fourth-order valence-corrected chi connectivity index (χ4v) is 5.71. The largest absolute Gasteiger partial charge is 0.508 e. The average Bonchev–Trinajstić information content (AvgIpc) is 2.63. The molecule has 0 saturated heterocycles. The summed E-state index contributed by atoms with van der Waals surface area (Å²) in [6, 6.07) is 12.0. The van der Waals surface area contributed by atoms with Crippen LogP contribution in [0.3, 0.4) is 0 Å². The van der Waals surface area contributed by atoms with E-state index in [2.05, 4.69) is 0 Å². The Morgan fingerprint density at radius 1 is 0.793 bits per heavy atom. The molecule has 152 valence electrons. The van der Waals surface area contributed by atoms with Crippen molar-refractivity contribution in [3.05, 3.63) is 91.4 Å². The molecule has 0 amide bonds. The van der Waals surface area contributed by atoms with E-state index < -0.39 is 26.2 Å². The fraction of sp³-hybridized carbons (Fsp3) is 0.0526. The maximum absolute atomic E-state index is 13.0. The quantitative estimate of drug-likeness (QED) is 0.239. The molecule has 10 heteroatoms. The van der Waals surface area contributed by atoms with Crippen molar-refractivity contribution in [3.8, 4) is 11.5 Å². The summed E-state index contributed by atoms with van der Waals surface area (Å²) in [6.07, 6.45) is 0. The van der Waals surface area contributed by atoms with E-state index in [0.717, 1.165) is 12.1 Å². The first-order valence-corrected chi connectivity index (χ1v) is 10.9. The van der Waals surface area contributed by atoms with E-state index in [-0.39, 0.29) is 37.0 Å². The van der Waals surface area contributed by atoms with Crippen molar-refractivity contribution in [1.29, 1.82) is 0 Å². The highest BCUT2D eigenvalue weighted by Gasteiger charge is 2.53. The Balaban J connectivity index is 2.69. The minimum Gasteiger partial charge on any atom is -0.508 e. The van der Waals surface area contributed by atoms with E-state index in [1.54, 1.807) is 6.07 Å². The zero-order chi connectivity index (χ0) is 21.6. The van der Waals surface area contributed by atoms with Gasteiger partial charge in [-0.15, -0.1) is 0 Å². The van der Waals surface area contributed by atoms with Crippen LogP contribution in [-0.4, -0.2) is 23.2 Å². The summed E-state index contributed by atoms with van der Waals surface area (Å²) >= 11 is 24.8. The number of rotatable bonds is 4. The van der Waals surface area contributed by atoms with Gasteiger partial charge in [0.2, 0.25) is 0 Å². The average molecular weight is 494 g/mol. The van der Waals surface area contributed by atoms with Gasteiger partial charge in [0.15, 0.2) is 4.75 Å². The minimum atomic E-state index is -5.16. The molecule has 3 aromatic rings. The number of aromatic hydroxyl groups is 2. The second kappa shape index (κ2) is 7.87. The van der Waals surface area contributed by atoms with E-state index >= 15 is 0 Å². The van der Waals surface area contributed by atoms with Crippen LogP contribution in [0.2, 0.25) is 20.1 Å². The smallest absolute Gasteiger partial charge is 0.283 e. The zero-order valence-electron chi connectivity index (χ0n) is 14.3. The lowest BCUT2D eigenvalue weighted by Gasteiger charge is -2.34. The molecule has 0 spiro atoms. The van der Waals surface area contributed by atoms with Crippen LogP contribution in [0.25, 0.3) is 0 Å². The maximum Gasteiger partial charge on any atom is 0.283 e. The van der Waals surface area contributed by atoms with Crippen molar-refractivity contribution >= 4 is 56.5 Å². The molecule has 3 rings (SSSR count). The van der Waals surface area contributed by atoms with Gasteiger partial charge in [-0.25, -0.2) is 0 Å². The van der Waals surface area contributed by atoms with Crippen molar-refractivity contribution in [2.45, 2.75) is 4.75 Å². The molecule has 0 aromatic heterocycles. The zero-order valence-corrected chi connectivity index (χ0v) is 18.1. The standard InChI is InChI=1S/C19H12Cl4O5S/c20-13-7-2-1-6-12(13)19(29(26,27)28,10-4-3-5-11(24)8-10)16-17(23)14(21)9-15(22)18(16)25/h1-9,24-25H,(H,26,27,28). The fourth-order valence-electron chi connectivity index (χ4n) is 3.23. The number of phenolic OH excluding ortho intramolecular Hbond substituents is 2. The third-order valence-electron chi connectivity index (χ3n) is 4.39. The molecule has 0 aliphatic heterocycles. The van der Waals surface area contributed by atoms with Crippen molar-refractivity contribution in [3.63, 3.8) is 0 Å². The van der Waals surface area contributed by atoms with E-state index in [1.165, 1.54) is 36.4 Å². The third kappa shape index (κ3) is 3.54. The summed E-state index contributed by atoms with van der Waals surface area (Å²) in [4.78, 5) is 0. The molecule has 0 heterocycles. The lowest BCUT2D eigenvalue weighted by Crippen LogP contribution is -2.39. The van der Waals surface area contributed by atoms with Crippen LogP contribution in [0.15, 0.2) is 54.6 Å². The van der Waals surface area contributed by atoms with Gasteiger partial charge in [0.05, 0.1) is 15.1 Å². The first-order chi connectivity index (χ1) is 13.5. The van der Waals surface area contributed by atoms with E-state index in [4.69, 9.17) is 46.4 Å². The predicted molar refractivity (Wildman–Crippen MR) is 114 cm³/mol. The van der Waals surface area contributed by atoms with Crippen LogP contribution >= 0.6 is 46.4 Å². The Hall–Kier alpha value is -1.67. The molecule has 3 aromatic carbocycles. The first-order valence-electron chi connectivity index (χ1n) is 7.90. The highest BCUT2D eigenvalue weighted by Crippen LogP contribution is 2.54. The molecule has 1 atom stereocenters. The Kier molecular flexibility index (Phi) is 5.98. The Bertz CT molecular complexity index is 1190. The summed E-state index contributed by atoms with van der Waals surface area (Å²) < 4.78 is 34.0. The predicted octanol–water partition coefficient (Wildman–Crippen LogP) is 5.89. The molecule has 0 radical (unpaired) electrons. The van der Waals surface area contributed by atoms with E-state index in [0.29, 0.717) is 0 Å².